The van der Waals surface area contributed by atoms with Gasteiger partial charge in [0, 0.05) is 13.1 Å². The van der Waals surface area contributed by atoms with Crippen LogP contribution in [0.2, 0.25) is 0 Å². The molecule has 8 heteroatoms. The van der Waals surface area contributed by atoms with Crippen molar-refractivity contribution in [3.8, 4) is 5.19 Å². The number of benzene rings is 2. The summed E-state index contributed by atoms with van der Waals surface area (Å²) in [7, 11) is 0. The van der Waals surface area contributed by atoms with Crippen LogP contribution in [0.5, 0.6) is 5.19 Å². The van der Waals surface area contributed by atoms with E-state index in [1.807, 2.05) is 48.5 Å². The van der Waals surface area contributed by atoms with Gasteiger partial charge in [-0.25, -0.2) is 9.78 Å². The lowest BCUT2D eigenvalue weighted by atomic mass is 9.97. The number of piperidine rings is 1. The monoisotopic (exact) mass is 447 g/mol. The van der Waals surface area contributed by atoms with Crippen LogP contribution < -0.4 is 9.30 Å². The molecule has 1 amide bonds. The summed E-state index contributed by atoms with van der Waals surface area (Å²) in [5.41, 5.74) is 1.77. The van der Waals surface area contributed by atoms with Crippen molar-refractivity contribution in [1.29, 1.82) is 0 Å². The van der Waals surface area contributed by atoms with E-state index in [9.17, 15) is 9.59 Å². The maximum absolute atomic E-state index is 12.7. The van der Waals surface area contributed by atoms with Gasteiger partial charge in [0.25, 0.3) is 11.5 Å². The first-order chi connectivity index (χ1) is 15.7. The van der Waals surface area contributed by atoms with Crippen molar-refractivity contribution in [2.75, 3.05) is 19.7 Å². The molecule has 3 heterocycles. The predicted molar refractivity (Wildman–Crippen MR) is 122 cm³/mol. The van der Waals surface area contributed by atoms with Crippen LogP contribution in [-0.4, -0.2) is 46.4 Å². The lowest BCUT2D eigenvalue weighted by molar-refractivity contribution is -0.575. The molecule has 1 aliphatic rings. The van der Waals surface area contributed by atoms with Gasteiger partial charge in [0.05, 0.1) is 22.2 Å². The van der Waals surface area contributed by atoms with Gasteiger partial charge in [-0.15, -0.1) is 0 Å². The van der Waals surface area contributed by atoms with Gasteiger partial charge in [0.1, 0.15) is 12.6 Å². The van der Waals surface area contributed by atoms with Crippen molar-refractivity contribution in [1.82, 2.24) is 14.9 Å². The number of likely N-dealkylation sites (tertiary alicyclic amines) is 1. The number of hydrogen-bond acceptors (Lipinski definition) is 6. The Morgan fingerprint density at radius 3 is 2.62 bits per heavy atom. The van der Waals surface area contributed by atoms with Gasteiger partial charge in [-0.1, -0.05) is 35.6 Å². The van der Waals surface area contributed by atoms with Crippen LogP contribution in [0.25, 0.3) is 21.1 Å². The number of rotatable bonds is 5. The Hall–Kier alpha value is -3.39. The molecule has 0 aliphatic carbocycles. The van der Waals surface area contributed by atoms with Crippen LogP contribution >= 0.6 is 11.3 Å². The summed E-state index contributed by atoms with van der Waals surface area (Å²) in [6.45, 7) is 1.88. The quantitative estimate of drug-likeness (QED) is 0.346. The molecule has 0 atom stereocenters. The second-order valence-corrected chi connectivity index (χ2v) is 8.99. The third-order valence-corrected chi connectivity index (χ3v) is 6.76. The molecule has 32 heavy (non-hydrogen) atoms. The van der Waals surface area contributed by atoms with Crippen molar-refractivity contribution in [2.24, 2.45) is 5.92 Å². The Kier molecular flexibility index (Phi) is 5.77. The van der Waals surface area contributed by atoms with Crippen LogP contribution in [0.15, 0.2) is 61.1 Å². The van der Waals surface area contributed by atoms with E-state index >= 15 is 0 Å². The van der Waals surface area contributed by atoms with Gasteiger partial charge in [-0.2, -0.15) is 4.57 Å². The summed E-state index contributed by atoms with van der Waals surface area (Å²) in [5.74, 6) is -0.0310. The molecule has 5 rings (SSSR count). The third kappa shape index (κ3) is 4.45. The normalized spacial score (nSPS) is 14.7. The first-order valence-corrected chi connectivity index (χ1v) is 11.5. The Morgan fingerprint density at radius 2 is 1.81 bits per heavy atom. The van der Waals surface area contributed by atoms with E-state index in [-0.39, 0.29) is 18.2 Å². The molecule has 162 valence electrons. The van der Waals surface area contributed by atoms with Crippen molar-refractivity contribution in [3.05, 3.63) is 61.1 Å². The number of amides is 1. The molecule has 0 radical (unpaired) electrons. The number of ether oxygens (including phenoxy) is 1. The SMILES string of the molecule is O=C(CC(=O)[n+]1cnc2ccccc2c1)N1CCC(COc2nc3ccccc3s2)CC1. The molecule has 1 fully saturated rings. The number of thiazole rings is 1. The zero-order chi connectivity index (χ0) is 21.9. The summed E-state index contributed by atoms with van der Waals surface area (Å²) in [5, 5.41) is 1.56. The van der Waals surface area contributed by atoms with Gasteiger partial charge in [-0.05, 0) is 48.0 Å². The minimum atomic E-state index is -0.269. The maximum Gasteiger partial charge on any atom is 0.323 e. The number of fused-ring (bicyclic) bond motifs is 2. The first-order valence-electron chi connectivity index (χ1n) is 10.7. The molecule has 7 nitrogen and oxygen atoms in total. The zero-order valence-electron chi connectivity index (χ0n) is 17.5. The Morgan fingerprint density at radius 1 is 1.06 bits per heavy atom. The largest absolute Gasteiger partial charge is 0.470 e. The van der Waals surface area contributed by atoms with Gasteiger partial charge in [-0.3, -0.25) is 4.79 Å². The van der Waals surface area contributed by atoms with E-state index in [1.165, 1.54) is 10.9 Å². The zero-order valence-corrected chi connectivity index (χ0v) is 18.3. The second kappa shape index (κ2) is 9.00. The molecule has 1 saturated heterocycles. The lowest BCUT2D eigenvalue weighted by Gasteiger charge is -2.31. The number of carbonyl (C=O) groups is 2. The highest BCUT2D eigenvalue weighted by Gasteiger charge is 2.26. The van der Waals surface area contributed by atoms with Gasteiger partial charge in [0.15, 0.2) is 5.52 Å². The molecule has 0 bridgehead atoms. The highest BCUT2D eigenvalue weighted by molar-refractivity contribution is 7.20. The molecular formula is C24H23N4O3S+. The molecule has 2 aromatic heterocycles. The average Bonchev–Trinajstić information content (AvgIpc) is 3.26. The third-order valence-electron chi connectivity index (χ3n) is 5.81. The molecule has 0 saturated carbocycles. The van der Waals surface area contributed by atoms with Gasteiger partial charge < -0.3 is 9.64 Å². The Labute approximate surface area is 189 Å². The topological polar surface area (TPSA) is 76.3 Å². The number of aromatic nitrogens is 3. The second-order valence-electron chi connectivity index (χ2n) is 7.99. The van der Waals surface area contributed by atoms with E-state index in [0.29, 0.717) is 30.8 Å². The van der Waals surface area contributed by atoms with Crippen molar-refractivity contribution >= 4 is 44.3 Å². The average molecular weight is 448 g/mol. The van der Waals surface area contributed by atoms with E-state index < -0.39 is 0 Å². The first kappa shape index (κ1) is 20.5. The lowest BCUT2D eigenvalue weighted by Crippen LogP contribution is -2.47. The minimum absolute atomic E-state index is 0.138. The number of carbonyl (C=O) groups excluding carboxylic acids is 2. The number of nitrogens with zero attached hydrogens (tertiary/aromatic N) is 4. The van der Waals surface area contributed by atoms with E-state index in [1.54, 1.807) is 22.4 Å². The molecule has 1 aliphatic heterocycles. The van der Waals surface area contributed by atoms with Crippen molar-refractivity contribution in [2.45, 2.75) is 19.3 Å². The molecule has 0 unspecified atom stereocenters. The van der Waals surface area contributed by atoms with Crippen LogP contribution in [0.4, 0.5) is 0 Å². The van der Waals surface area contributed by atoms with E-state index in [0.717, 1.165) is 34.0 Å². The fourth-order valence-electron chi connectivity index (χ4n) is 3.94. The fraction of sp³-hybridized carbons (Fsp3) is 0.292. The Bertz CT molecular complexity index is 1250. The van der Waals surface area contributed by atoms with Crippen LogP contribution in [0, 0.1) is 5.92 Å². The number of para-hydroxylation sites is 2. The summed E-state index contributed by atoms with van der Waals surface area (Å²) in [6.07, 6.45) is 4.76. The molecule has 0 N–H and O–H groups in total. The minimum Gasteiger partial charge on any atom is -0.470 e. The predicted octanol–water partition coefficient (Wildman–Crippen LogP) is 3.48. The summed E-state index contributed by atoms with van der Waals surface area (Å²) < 4.78 is 8.44. The molecule has 0 spiro atoms. The fourth-order valence-corrected chi connectivity index (χ4v) is 4.77. The van der Waals surface area contributed by atoms with E-state index in [2.05, 4.69) is 9.97 Å². The highest BCUT2D eigenvalue weighted by atomic mass is 32.1. The van der Waals surface area contributed by atoms with Crippen molar-refractivity contribution in [3.63, 3.8) is 0 Å². The highest BCUT2D eigenvalue weighted by Crippen LogP contribution is 2.28. The number of hydrogen-bond donors (Lipinski definition) is 0. The smallest absolute Gasteiger partial charge is 0.323 e. The summed E-state index contributed by atoms with van der Waals surface area (Å²) >= 11 is 1.55. The van der Waals surface area contributed by atoms with Crippen LogP contribution in [0.3, 0.4) is 0 Å². The van der Waals surface area contributed by atoms with Crippen molar-refractivity contribution < 1.29 is 18.9 Å². The summed E-state index contributed by atoms with van der Waals surface area (Å²) in [6, 6.07) is 15.6. The summed E-state index contributed by atoms with van der Waals surface area (Å²) in [4.78, 5) is 35.8. The maximum atomic E-state index is 12.7. The van der Waals surface area contributed by atoms with Crippen LogP contribution in [-0.2, 0) is 4.79 Å². The van der Waals surface area contributed by atoms with E-state index in [4.69, 9.17) is 4.74 Å². The van der Waals surface area contributed by atoms with Gasteiger partial charge >= 0.3 is 5.91 Å². The standard InChI is InChI=1S/C24H23N4O3S/c29-22(13-23(30)28-14-18-5-1-2-6-19(18)25-16-28)27-11-9-17(10-12-27)15-31-24-26-20-7-3-4-8-21(20)32-24/h1-8,14,16-17H,9-13,15H2/q+1. The molecule has 4 aromatic rings. The van der Waals surface area contributed by atoms with Gasteiger partial charge in [0.2, 0.25) is 5.91 Å². The van der Waals surface area contributed by atoms with Crippen LogP contribution in [0.1, 0.15) is 24.1 Å². The molecule has 2 aromatic carbocycles. The molecular weight excluding hydrogens is 424 g/mol. The Balaban J connectivity index is 1.11.